The van der Waals surface area contributed by atoms with Gasteiger partial charge in [-0.25, -0.2) is 4.98 Å². The molecule has 6 nitrogen and oxygen atoms in total. The van der Waals surface area contributed by atoms with Crippen molar-refractivity contribution in [2.45, 2.75) is 18.5 Å². The number of halogens is 3. The van der Waals surface area contributed by atoms with Crippen LogP contribution in [0.1, 0.15) is 34.4 Å². The fraction of sp³-hybridized carbons (Fsp3) is 0.333. The second-order valence-corrected chi connectivity index (χ2v) is 6.61. The molecule has 25 heavy (non-hydrogen) atoms. The first-order chi connectivity index (χ1) is 11.9. The molecule has 0 saturated carbocycles. The third-order valence-electron chi connectivity index (χ3n) is 4.10. The third-order valence-corrected chi connectivity index (χ3v) is 4.89. The van der Waals surface area contributed by atoms with Crippen LogP contribution >= 0.6 is 11.3 Å². The normalized spacial score (nSPS) is 18.2. The number of rotatable bonds is 2. The number of amides is 1. The largest absolute Gasteiger partial charge is 0.471 e. The summed E-state index contributed by atoms with van der Waals surface area (Å²) < 4.78 is 42.8. The van der Waals surface area contributed by atoms with Gasteiger partial charge in [-0.2, -0.15) is 18.2 Å². The van der Waals surface area contributed by atoms with E-state index in [1.807, 2.05) is 0 Å². The number of benzene rings is 1. The molecule has 3 aromatic rings. The summed E-state index contributed by atoms with van der Waals surface area (Å²) in [5.41, 5.74) is 3.06. The molecule has 1 aliphatic heterocycles. The Morgan fingerprint density at radius 3 is 2.96 bits per heavy atom. The van der Waals surface area contributed by atoms with Crippen LogP contribution in [-0.2, 0) is 6.18 Å². The van der Waals surface area contributed by atoms with E-state index in [1.54, 1.807) is 28.6 Å². The zero-order valence-electron chi connectivity index (χ0n) is 12.7. The third kappa shape index (κ3) is 2.97. The molecule has 0 spiro atoms. The van der Waals surface area contributed by atoms with E-state index in [0.29, 0.717) is 18.5 Å². The molecule has 1 fully saturated rings. The highest BCUT2D eigenvalue weighted by Crippen LogP contribution is 2.31. The van der Waals surface area contributed by atoms with Gasteiger partial charge in [-0.1, -0.05) is 5.16 Å². The maximum Gasteiger partial charge on any atom is 0.471 e. The first-order valence-electron chi connectivity index (χ1n) is 7.45. The Kier molecular flexibility index (Phi) is 3.71. The van der Waals surface area contributed by atoms with E-state index in [0.717, 1.165) is 10.2 Å². The molecule has 2 aromatic heterocycles. The van der Waals surface area contributed by atoms with E-state index in [1.165, 1.54) is 11.3 Å². The Labute approximate surface area is 143 Å². The molecule has 130 valence electrons. The smallest absolute Gasteiger partial charge is 0.338 e. The van der Waals surface area contributed by atoms with Gasteiger partial charge in [0.2, 0.25) is 0 Å². The number of fused-ring (bicyclic) bond motifs is 1. The van der Waals surface area contributed by atoms with Crippen LogP contribution < -0.4 is 0 Å². The number of aromatic nitrogens is 3. The van der Waals surface area contributed by atoms with Crippen molar-refractivity contribution >= 4 is 27.5 Å². The molecule has 4 rings (SSSR count). The molecule has 1 saturated heterocycles. The first-order valence-corrected chi connectivity index (χ1v) is 8.33. The molecule has 1 amide bonds. The summed E-state index contributed by atoms with van der Waals surface area (Å²) in [6.45, 7) is 0.691. The van der Waals surface area contributed by atoms with Crippen LogP contribution in [0.15, 0.2) is 28.2 Å². The van der Waals surface area contributed by atoms with Crippen LogP contribution in [0.4, 0.5) is 13.2 Å². The van der Waals surface area contributed by atoms with Crippen molar-refractivity contribution in [2.75, 3.05) is 13.1 Å². The minimum Gasteiger partial charge on any atom is -0.338 e. The number of thiazole rings is 1. The van der Waals surface area contributed by atoms with Gasteiger partial charge in [0.15, 0.2) is 5.82 Å². The molecule has 0 bridgehead atoms. The zero-order chi connectivity index (χ0) is 17.6. The summed E-state index contributed by atoms with van der Waals surface area (Å²) in [6.07, 6.45) is -4.17. The van der Waals surface area contributed by atoms with Gasteiger partial charge in [-0.15, -0.1) is 11.3 Å². The lowest BCUT2D eigenvalue weighted by atomic mass is 10.1. The fourth-order valence-electron chi connectivity index (χ4n) is 2.84. The topological polar surface area (TPSA) is 72.1 Å². The molecule has 0 aliphatic carbocycles. The lowest BCUT2D eigenvalue weighted by molar-refractivity contribution is -0.159. The highest BCUT2D eigenvalue weighted by atomic mass is 32.1. The highest BCUT2D eigenvalue weighted by molar-refractivity contribution is 7.16. The van der Waals surface area contributed by atoms with Crippen LogP contribution in [0.25, 0.3) is 10.2 Å². The lowest BCUT2D eigenvalue weighted by Gasteiger charge is -2.15. The van der Waals surface area contributed by atoms with Gasteiger partial charge < -0.3 is 9.42 Å². The van der Waals surface area contributed by atoms with Crippen molar-refractivity contribution in [3.63, 3.8) is 0 Å². The van der Waals surface area contributed by atoms with Crippen LogP contribution in [-0.4, -0.2) is 39.0 Å². The lowest BCUT2D eigenvalue weighted by Crippen LogP contribution is -2.28. The van der Waals surface area contributed by atoms with Gasteiger partial charge in [0.25, 0.3) is 5.91 Å². The number of carbonyl (C=O) groups excluding carboxylic acids is 1. The maximum atomic E-state index is 12.6. The predicted molar refractivity (Wildman–Crippen MR) is 82.2 cm³/mol. The minimum absolute atomic E-state index is 0.0134. The van der Waals surface area contributed by atoms with Crippen molar-refractivity contribution in [3.8, 4) is 0 Å². The van der Waals surface area contributed by atoms with Gasteiger partial charge in [0.05, 0.1) is 15.7 Å². The number of likely N-dealkylation sites (tertiary alicyclic amines) is 1. The van der Waals surface area contributed by atoms with Crippen LogP contribution in [0.2, 0.25) is 0 Å². The Morgan fingerprint density at radius 1 is 1.36 bits per heavy atom. The van der Waals surface area contributed by atoms with Crippen molar-refractivity contribution in [2.24, 2.45) is 0 Å². The average Bonchev–Trinajstić information content (AvgIpc) is 3.30. The van der Waals surface area contributed by atoms with Gasteiger partial charge in [-0.3, -0.25) is 4.79 Å². The summed E-state index contributed by atoms with van der Waals surface area (Å²) >= 11 is 1.44. The summed E-state index contributed by atoms with van der Waals surface area (Å²) in [7, 11) is 0. The van der Waals surface area contributed by atoms with Crippen molar-refractivity contribution in [1.29, 1.82) is 0 Å². The van der Waals surface area contributed by atoms with Crippen molar-refractivity contribution in [3.05, 3.63) is 41.0 Å². The van der Waals surface area contributed by atoms with E-state index in [2.05, 4.69) is 19.6 Å². The van der Waals surface area contributed by atoms with Crippen molar-refractivity contribution < 1.29 is 22.5 Å². The Bertz CT molecular complexity index is 936. The van der Waals surface area contributed by atoms with Gasteiger partial charge in [0.1, 0.15) is 0 Å². The predicted octanol–water partition coefficient (Wildman–Crippen LogP) is 3.33. The number of carbonyl (C=O) groups is 1. The number of hydrogen-bond acceptors (Lipinski definition) is 6. The van der Waals surface area contributed by atoms with E-state index in [4.69, 9.17) is 0 Å². The SMILES string of the molecule is O=C(c1ccc2ncsc2c1)N1CCC(c2noc(C(F)(F)F)n2)C1. The fourth-order valence-corrected chi connectivity index (χ4v) is 3.56. The van der Waals surface area contributed by atoms with E-state index >= 15 is 0 Å². The average molecular weight is 368 g/mol. The van der Waals surface area contributed by atoms with Crippen LogP contribution in [0.5, 0.6) is 0 Å². The molecule has 10 heteroatoms. The quantitative estimate of drug-likeness (QED) is 0.694. The highest BCUT2D eigenvalue weighted by Gasteiger charge is 2.40. The van der Waals surface area contributed by atoms with Gasteiger partial charge in [0, 0.05) is 24.6 Å². The minimum atomic E-state index is -4.66. The first kappa shape index (κ1) is 16.0. The van der Waals surface area contributed by atoms with Crippen LogP contribution in [0.3, 0.4) is 0 Å². The molecular formula is C15H11F3N4O2S. The molecule has 0 radical (unpaired) electrons. The Hall–Kier alpha value is -2.49. The Balaban J connectivity index is 1.49. The summed E-state index contributed by atoms with van der Waals surface area (Å²) in [6, 6.07) is 5.26. The second-order valence-electron chi connectivity index (χ2n) is 5.73. The molecule has 1 atom stereocenters. The summed E-state index contributed by atoms with van der Waals surface area (Å²) in [5, 5.41) is 3.41. The monoisotopic (exact) mass is 368 g/mol. The molecule has 3 heterocycles. The van der Waals surface area contributed by atoms with Crippen LogP contribution in [0, 0.1) is 0 Å². The molecule has 1 aromatic carbocycles. The summed E-state index contributed by atoms with van der Waals surface area (Å²) in [4.78, 5) is 21.8. The number of nitrogens with zero attached hydrogens (tertiary/aromatic N) is 4. The zero-order valence-corrected chi connectivity index (χ0v) is 13.5. The van der Waals surface area contributed by atoms with Gasteiger partial charge in [-0.05, 0) is 24.6 Å². The summed E-state index contributed by atoms with van der Waals surface area (Å²) in [5.74, 6) is -1.91. The Morgan fingerprint density at radius 2 is 2.20 bits per heavy atom. The van der Waals surface area contributed by atoms with Crippen molar-refractivity contribution in [1.82, 2.24) is 20.0 Å². The number of alkyl halides is 3. The second kappa shape index (κ2) is 5.80. The molecule has 1 aliphatic rings. The molecular weight excluding hydrogens is 357 g/mol. The standard InChI is InChI=1S/C15H11F3N4O2S/c16-15(17,18)14-20-12(21-24-14)9-3-4-22(6-9)13(23)8-1-2-10-11(5-8)25-7-19-10/h1-2,5,7,9H,3-4,6H2. The van der Waals surface area contributed by atoms with E-state index in [-0.39, 0.29) is 24.2 Å². The van der Waals surface area contributed by atoms with E-state index < -0.39 is 12.1 Å². The van der Waals surface area contributed by atoms with E-state index in [9.17, 15) is 18.0 Å². The molecule has 1 unspecified atom stereocenters. The van der Waals surface area contributed by atoms with Gasteiger partial charge >= 0.3 is 12.1 Å². The molecule has 0 N–H and O–H groups in total. The maximum absolute atomic E-state index is 12.6. The number of hydrogen-bond donors (Lipinski definition) is 0.